The molecule has 8 atom stereocenters. The number of hydrogen-bond donors (Lipinski definition) is 2. The molecule has 0 radical (unpaired) electrons. The molecule has 5 fully saturated rings. The van der Waals surface area contributed by atoms with Gasteiger partial charge in [0.1, 0.15) is 5.75 Å². The van der Waals surface area contributed by atoms with E-state index in [9.17, 15) is 15.0 Å². The summed E-state index contributed by atoms with van der Waals surface area (Å²) in [7, 11) is 1.74. The molecule has 0 aromatic heterocycles. The molecule has 46 heavy (non-hydrogen) atoms. The fourth-order valence-corrected chi connectivity index (χ4v) is 12.6. The molecule has 8 aliphatic rings. The third kappa shape index (κ3) is 4.21. The maximum absolute atomic E-state index is 14.8. The number of piperazine rings is 1. The van der Waals surface area contributed by atoms with E-state index >= 15 is 0 Å². The predicted molar refractivity (Wildman–Crippen MR) is 182 cm³/mol. The summed E-state index contributed by atoms with van der Waals surface area (Å²) in [5, 5.41) is 23.8. The topological polar surface area (TPSA) is 73.2 Å². The Morgan fingerprint density at radius 2 is 1.59 bits per heavy atom. The first-order valence-corrected chi connectivity index (χ1v) is 18.6. The van der Waals surface area contributed by atoms with Gasteiger partial charge < -0.3 is 19.8 Å². The number of carbonyl (C=O) groups is 1. The quantitative estimate of drug-likeness (QED) is 0.348. The standard InChI is InChI=1S/C40H56N2O4/c1-36-16-13-29(43)25-38(36)19-20-40(30(26-38)35(44)28-9-5-4-6-10-28)33(36)14-17-37(2)34(40)15-18-39(37,45)27-41-21-23-42(24-22-41)31-11-7-8-12-32(31)46-3/h7-8,11-12,19-20,26,28-29,33-34,43,45H,4-6,9-10,13-18,21-25,27H2,1-3H3/t29?,33-,34-,36-,37+,38+,39-,40-/m1/s1. The number of anilines is 1. The molecule has 7 aliphatic carbocycles. The van der Waals surface area contributed by atoms with E-state index in [1.165, 1.54) is 6.42 Å². The third-order valence-electron chi connectivity index (χ3n) is 15.2. The molecule has 2 spiro atoms. The fraction of sp³-hybridized carbons (Fsp3) is 0.725. The van der Waals surface area contributed by atoms with Crippen molar-refractivity contribution in [2.75, 3.05) is 44.7 Å². The highest BCUT2D eigenvalue weighted by Crippen LogP contribution is 2.78. The molecular weight excluding hydrogens is 572 g/mol. The predicted octanol–water partition coefficient (Wildman–Crippen LogP) is 6.56. The van der Waals surface area contributed by atoms with Gasteiger partial charge >= 0.3 is 0 Å². The van der Waals surface area contributed by atoms with Crippen LogP contribution in [0.5, 0.6) is 5.75 Å². The molecule has 1 aromatic rings. The van der Waals surface area contributed by atoms with E-state index in [2.05, 4.69) is 54.0 Å². The van der Waals surface area contributed by atoms with Gasteiger partial charge in [-0.05, 0) is 87.2 Å². The molecule has 6 nitrogen and oxygen atoms in total. The molecular formula is C40H56N2O4. The Kier molecular flexibility index (Phi) is 7.40. The number of aliphatic hydroxyl groups excluding tert-OH is 1. The average Bonchev–Trinajstić information content (AvgIpc) is 3.34. The number of nitrogens with zero attached hydrogens (tertiary/aromatic N) is 2. The third-order valence-corrected chi connectivity index (χ3v) is 15.2. The molecule has 1 aromatic carbocycles. The number of β-amino-alcohol motifs (C(OH)–C–C–N with tert-alkyl or cyclic N) is 1. The number of rotatable bonds is 6. The normalized spacial score (nSPS) is 43.9. The summed E-state index contributed by atoms with van der Waals surface area (Å²) in [5.41, 5.74) is 0.677. The maximum atomic E-state index is 14.8. The number of benzene rings is 1. The van der Waals surface area contributed by atoms with E-state index in [-0.39, 0.29) is 39.6 Å². The van der Waals surface area contributed by atoms with Gasteiger partial charge in [-0.1, -0.05) is 63.5 Å². The van der Waals surface area contributed by atoms with Gasteiger partial charge in [-0.25, -0.2) is 0 Å². The summed E-state index contributed by atoms with van der Waals surface area (Å²) in [4.78, 5) is 19.7. The molecule has 250 valence electrons. The summed E-state index contributed by atoms with van der Waals surface area (Å²) in [6, 6.07) is 8.28. The number of para-hydroxylation sites is 2. The molecule has 4 saturated carbocycles. The van der Waals surface area contributed by atoms with Gasteiger partial charge in [0.05, 0.1) is 24.5 Å². The van der Waals surface area contributed by atoms with Crippen LogP contribution in [0.1, 0.15) is 90.9 Å². The first kappa shape index (κ1) is 31.1. The SMILES string of the molecule is COc1ccccc1N1CCN(C[C@]2(O)CC[C@H]3[C@]45C=C[C@@]6(C=C4C(=O)C4CCCCC4)CC(O)CC[C@]6(C)[C@H]5CC[C@@]32C)CC1. The number of methoxy groups -OCH3 is 1. The van der Waals surface area contributed by atoms with E-state index in [4.69, 9.17) is 4.74 Å². The summed E-state index contributed by atoms with van der Waals surface area (Å²) in [6.07, 6.45) is 19.1. The van der Waals surface area contributed by atoms with Crippen molar-refractivity contribution in [1.82, 2.24) is 4.90 Å². The molecule has 2 bridgehead atoms. The zero-order chi connectivity index (χ0) is 32.0. The number of hydrogen-bond acceptors (Lipinski definition) is 6. The maximum Gasteiger partial charge on any atom is 0.162 e. The van der Waals surface area contributed by atoms with Crippen LogP contribution < -0.4 is 9.64 Å². The van der Waals surface area contributed by atoms with Crippen molar-refractivity contribution in [1.29, 1.82) is 0 Å². The van der Waals surface area contributed by atoms with Gasteiger partial charge in [-0.3, -0.25) is 9.69 Å². The zero-order valence-electron chi connectivity index (χ0n) is 28.5. The second kappa shape index (κ2) is 10.9. The lowest BCUT2D eigenvalue weighted by Crippen LogP contribution is -2.67. The van der Waals surface area contributed by atoms with Crippen molar-refractivity contribution in [3.05, 3.63) is 48.1 Å². The van der Waals surface area contributed by atoms with Crippen LogP contribution in [0.3, 0.4) is 0 Å². The smallest absolute Gasteiger partial charge is 0.162 e. The van der Waals surface area contributed by atoms with E-state index in [0.717, 1.165) is 114 Å². The minimum absolute atomic E-state index is 0.0359. The molecule has 1 heterocycles. The van der Waals surface area contributed by atoms with Crippen LogP contribution in [-0.4, -0.2) is 72.4 Å². The molecule has 9 rings (SSSR count). The van der Waals surface area contributed by atoms with Crippen molar-refractivity contribution >= 4 is 11.5 Å². The first-order valence-electron chi connectivity index (χ1n) is 18.6. The van der Waals surface area contributed by atoms with Gasteiger partial charge in [0.2, 0.25) is 0 Å². The van der Waals surface area contributed by atoms with Crippen LogP contribution >= 0.6 is 0 Å². The van der Waals surface area contributed by atoms with Crippen molar-refractivity contribution in [3.8, 4) is 5.75 Å². The fourth-order valence-electron chi connectivity index (χ4n) is 12.6. The van der Waals surface area contributed by atoms with Crippen molar-refractivity contribution in [2.24, 2.45) is 39.4 Å². The van der Waals surface area contributed by atoms with Crippen molar-refractivity contribution in [2.45, 2.75) is 103 Å². The molecule has 1 unspecified atom stereocenters. The lowest BCUT2D eigenvalue weighted by Gasteiger charge is -2.71. The average molecular weight is 629 g/mol. The summed E-state index contributed by atoms with van der Waals surface area (Å²) >= 11 is 0. The van der Waals surface area contributed by atoms with Gasteiger partial charge in [-0.15, -0.1) is 0 Å². The molecule has 6 heteroatoms. The van der Waals surface area contributed by atoms with E-state index < -0.39 is 5.60 Å². The molecule has 2 N–H and O–H groups in total. The van der Waals surface area contributed by atoms with Crippen LogP contribution in [0.15, 0.2) is 48.1 Å². The van der Waals surface area contributed by atoms with Crippen LogP contribution in [0, 0.1) is 39.4 Å². The number of aliphatic hydroxyl groups is 2. The van der Waals surface area contributed by atoms with Gasteiger partial charge in [0, 0.05) is 60.5 Å². The first-order chi connectivity index (χ1) is 22.1. The number of ketones is 1. The molecule has 1 aliphatic heterocycles. The summed E-state index contributed by atoms with van der Waals surface area (Å²) in [5.74, 6) is 2.08. The lowest BCUT2D eigenvalue weighted by atomic mass is 9.32. The zero-order valence-corrected chi connectivity index (χ0v) is 28.5. The minimum Gasteiger partial charge on any atom is -0.495 e. The minimum atomic E-state index is -0.785. The molecule has 1 saturated heterocycles. The van der Waals surface area contributed by atoms with Gasteiger partial charge in [-0.2, -0.15) is 0 Å². The number of fused-ring (bicyclic) bond motifs is 1. The van der Waals surface area contributed by atoms with Crippen LogP contribution in [-0.2, 0) is 4.79 Å². The van der Waals surface area contributed by atoms with Crippen LogP contribution in [0.2, 0.25) is 0 Å². The Hall–Kier alpha value is -2.15. The number of allylic oxidation sites excluding steroid dienone is 4. The second-order valence-electron chi connectivity index (χ2n) is 16.9. The van der Waals surface area contributed by atoms with Crippen molar-refractivity contribution < 1.29 is 19.7 Å². The van der Waals surface area contributed by atoms with Crippen molar-refractivity contribution in [3.63, 3.8) is 0 Å². The highest BCUT2D eigenvalue weighted by atomic mass is 16.5. The Morgan fingerprint density at radius 1 is 0.891 bits per heavy atom. The number of carbonyl (C=O) groups excluding carboxylic acids is 1. The van der Waals surface area contributed by atoms with Gasteiger partial charge in [0.25, 0.3) is 0 Å². The van der Waals surface area contributed by atoms with E-state index in [0.29, 0.717) is 18.2 Å². The Labute approximate surface area is 276 Å². The Bertz CT molecular complexity index is 1430. The van der Waals surface area contributed by atoms with E-state index in [1.54, 1.807) is 7.11 Å². The highest BCUT2D eigenvalue weighted by molar-refractivity contribution is 6.00. The largest absolute Gasteiger partial charge is 0.495 e. The highest BCUT2D eigenvalue weighted by Gasteiger charge is 2.74. The Balaban J connectivity index is 1.10. The van der Waals surface area contributed by atoms with E-state index in [1.807, 2.05) is 12.1 Å². The molecule has 0 amide bonds. The lowest BCUT2D eigenvalue weighted by molar-refractivity contribution is -0.179. The second-order valence-corrected chi connectivity index (χ2v) is 16.9. The summed E-state index contributed by atoms with van der Waals surface area (Å²) < 4.78 is 5.66. The number of ether oxygens (including phenoxy) is 1. The van der Waals surface area contributed by atoms with Gasteiger partial charge in [0.15, 0.2) is 5.78 Å². The Morgan fingerprint density at radius 3 is 2.35 bits per heavy atom. The monoisotopic (exact) mass is 628 g/mol. The van der Waals surface area contributed by atoms with Crippen LogP contribution in [0.25, 0.3) is 0 Å². The summed E-state index contributed by atoms with van der Waals surface area (Å²) in [6.45, 7) is 9.26. The van der Waals surface area contributed by atoms with Crippen LogP contribution in [0.4, 0.5) is 5.69 Å². The number of Topliss-reactive ketones (excluding diaryl/α,β-unsaturated/α-hetero) is 1.